The molecule has 1 heterocycles. The van der Waals surface area contributed by atoms with E-state index in [0.29, 0.717) is 51.7 Å². The molecule has 0 aliphatic carbocycles. The van der Waals surface area contributed by atoms with Crippen LogP contribution in [0.1, 0.15) is 11.1 Å². The Labute approximate surface area is 218 Å². The number of aromatic nitrogens is 1. The molecular formula is C30H21FN4O3. The number of ether oxygens (including phenoxy) is 2. The van der Waals surface area contributed by atoms with Gasteiger partial charge < -0.3 is 20.1 Å². The zero-order valence-corrected chi connectivity index (χ0v) is 20.0. The lowest BCUT2D eigenvalue weighted by molar-refractivity contribution is 0.262. The number of hydrogen-bond donors (Lipinski definition) is 2. The minimum atomic E-state index is -0.459. The normalized spacial score (nSPS) is 10.4. The number of urea groups is 1. The number of hydrogen-bond acceptors (Lipinski definition) is 5. The number of amides is 2. The van der Waals surface area contributed by atoms with Gasteiger partial charge in [-0.3, -0.25) is 4.98 Å². The van der Waals surface area contributed by atoms with Gasteiger partial charge in [0, 0.05) is 29.0 Å². The van der Waals surface area contributed by atoms with E-state index in [4.69, 9.17) is 9.47 Å². The molecule has 38 heavy (non-hydrogen) atoms. The maximum atomic E-state index is 13.0. The number of carbonyl (C=O) groups is 1. The summed E-state index contributed by atoms with van der Waals surface area (Å²) in [5.74, 6) is 1.12. The molecule has 0 atom stereocenters. The molecule has 8 heteroatoms. The predicted octanol–water partition coefficient (Wildman–Crippen LogP) is 7.26. The molecule has 0 aliphatic heterocycles. The summed E-state index contributed by atoms with van der Waals surface area (Å²) in [6.07, 6.45) is 1.63. The summed E-state index contributed by atoms with van der Waals surface area (Å²) in [5.41, 5.74) is 3.01. The van der Waals surface area contributed by atoms with Crippen LogP contribution in [0.5, 0.6) is 17.2 Å². The fraction of sp³-hybridized carbons (Fsp3) is 0.0333. The van der Waals surface area contributed by atoms with Crippen LogP contribution in [0, 0.1) is 17.1 Å². The third kappa shape index (κ3) is 5.86. The van der Waals surface area contributed by atoms with Crippen LogP contribution >= 0.6 is 0 Å². The lowest BCUT2D eigenvalue weighted by Gasteiger charge is -2.13. The molecule has 5 aromatic rings. The van der Waals surface area contributed by atoms with Gasteiger partial charge in [-0.15, -0.1) is 0 Å². The first-order chi connectivity index (χ1) is 18.6. The van der Waals surface area contributed by atoms with Gasteiger partial charge in [-0.05, 0) is 66.2 Å². The van der Waals surface area contributed by atoms with E-state index in [1.54, 1.807) is 48.7 Å². The Bertz CT molecular complexity index is 1620. The second-order valence-corrected chi connectivity index (χ2v) is 8.27. The molecule has 1 aromatic heterocycles. The molecule has 4 aromatic carbocycles. The summed E-state index contributed by atoms with van der Waals surface area (Å²) >= 11 is 0. The van der Waals surface area contributed by atoms with Crippen LogP contribution in [-0.2, 0) is 6.61 Å². The number of rotatable bonds is 7. The number of benzene rings is 4. The van der Waals surface area contributed by atoms with Crippen molar-refractivity contribution in [2.24, 2.45) is 0 Å². The standard InChI is InChI=1S/C30H21FN4O3/c31-22-6-8-23(9-7-22)34-30(36)35-24-10-12-25(13-11-24)38-28-14-15-33-27-17-29(21(18-32)16-26(27)28)37-19-20-4-2-1-3-5-20/h1-17H,19H2,(H2,34,35,36). The Morgan fingerprint density at radius 3 is 2.24 bits per heavy atom. The number of halogens is 1. The van der Waals surface area contributed by atoms with Crippen molar-refractivity contribution in [1.82, 2.24) is 4.98 Å². The highest BCUT2D eigenvalue weighted by atomic mass is 19.1. The van der Waals surface area contributed by atoms with Gasteiger partial charge in [0.15, 0.2) is 0 Å². The maximum Gasteiger partial charge on any atom is 0.323 e. The molecule has 186 valence electrons. The first-order valence-electron chi connectivity index (χ1n) is 11.7. The average molecular weight is 505 g/mol. The maximum absolute atomic E-state index is 13.0. The van der Waals surface area contributed by atoms with E-state index in [9.17, 15) is 14.4 Å². The third-order valence-electron chi connectivity index (χ3n) is 5.60. The van der Waals surface area contributed by atoms with Gasteiger partial charge in [-0.1, -0.05) is 30.3 Å². The second kappa shape index (κ2) is 11.1. The van der Waals surface area contributed by atoms with Crippen LogP contribution in [0.3, 0.4) is 0 Å². The molecule has 0 unspecified atom stereocenters. The topological polar surface area (TPSA) is 96.3 Å². The third-order valence-corrected chi connectivity index (χ3v) is 5.60. The fourth-order valence-corrected chi connectivity index (χ4v) is 3.74. The van der Waals surface area contributed by atoms with Gasteiger partial charge in [0.2, 0.25) is 0 Å². The molecular weight excluding hydrogens is 483 g/mol. The molecule has 2 amide bonds. The first kappa shape index (κ1) is 24.3. The Balaban J connectivity index is 1.28. The average Bonchev–Trinajstić information content (AvgIpc) is 2.94. The van der Waals surface area contributed by atoms with Gasteiger partial charge in [0.05, 0.1) is 11.1 Å². The smallest absolute Gasteiger partial charge is 0.323 e. The first-order valence-corrected chi connectivity index (χ1v) is 11.7. The monoisotopic (exact) mass is 504 g/mol. The number of nitrogens with zero attached hydrogens (tertiary/aromatic N) is 2. The Morgan fingerprint density at radius 2 is 1.55 bits per heavy atom. The van der Waals surface area contributed by atoms with Crippen molar-refractivity contribution in [1.29, 1.82) is 5.26 Å². The molecule has 5 rings (SSSR count). The number of nitriles is 1. The summed E-state index contributed by atoms with van der Waals surface area (Å²) in [5, 5.41) is 15.7. The Hall–Kier alpha value is -5.42. The molecule has 2 N–H and O–H groups in total. The van der Waals surface area contributed by atoms with Gasteiger partial charge in [0.25, 0.3) is 0 Å². The van der Waals surface area contributed by atoms with E-state index in [0.717, 1.165) is 5.56 Å². The Kier molecular flexibility index (Phi) is 7.09. The number of nitrogens with one attached hydrogen (secondary N) is 2. The highest BCUT2D eigenvalue weighted by molar-refractivity contribution is 5.99. The van der Waals surface area contributed by atoms with Crippen LogP contribution in [0.2, 0.25) is 0 Å². The summed E-state index contributed by atoms with van der Waals surface area (Å²) in [7, 11) is 0. The predicted molar refractivity (Wildman–Crippen MR) is 143 cm³/mol. The molecule has 0 spiro atoms. The van der Waals surface area contributed by atoms with Crippen molar-refractivity contribution < 1.29 is 18.7 Å². The molecule has 7 nitrogen and oxygen atoms in total. The highest BCUT2D eigenvalue weighted by Gasteiger charge is 2.12. The number of carbonyl (C=O) groups excluding carboxylic acids is 1. The minimum absolute atomic E-state index is 0.333. The van der Waals surface area contributed by atoms with Crippen molar-refractivity contribution in [3.8, 4) is 23.3 Å². The molecule has 0 saturated heterocycles. The zero-order chi connectivity index (χ0) is 26.3. The van der Waals surface area contributed by atoms with E-state index >= 15 is 0 Å². The second-order valence-electron chi connectivity index (χ2n) is 8.27. The van der Waals surface area contributed by atoms with Crippen molar-refractivity contribution >= 4 is 28.3 Å². The molecule has 0 radical (unpaired) electrons. The quantitative estimate of drug-likeness (QED) is 0.243. The molecule has 0 bridgehead atoms. The van der Waals surface area contributed by atoms with Crippen LogP contribution in [0.15, 0.2) is 103 Å². The fourth-order valence-electron chi connectivity index (χ4n) is 3.74. The lowest BCUT2D eigenvalue weighted by atomic mass is 10.1. The van der Waals surface area contributed by atoms with E-state index in [-0.39, 0.29) is 5.82 Å². The van der Waals surface area contributed by atoms with Gasteiger partial charge in [0.1, 0.15) is 35.7 Å². The molecule has 0 fully saturated rings. The molecule has 0 aliphatic rings. The largest absolute Gasteiger partial charge is 0.487 e. The van der Waals surface area contributed by atoms with Crippen molar-refractivity contribution in [3.05, 3.63) is 120 Å². The van der Waals surface area contributed by atoms with E-state index in [2.05, 4.69) is 21.7 Å². The van der Waals surface area contributed by atoms with Crippen LogP contribution in [-0.4, -0.2) is 11.0 Å². The highest BCUT2D eigenvalue weighted by Crippen LogP contribution is 2.33. The van der Waals surface area contributed by atoms with Crippen molar-refractivity contribution in [2.75, 3.05) is 10.6 Å². The van der Waals surface area contributed by atoms with E-state index in [1.807, 2.05) is 30.3 Å². The van der Waals surface area contributed by atoms with Gasteiger partial charge in [-0.25, -0.2) is 9.18 Å². The SMILES string of the molecule is N#Cc1cc2c(Oc3ccc(NC(=O)Nc4ccc(F)cc4)cc3)ccnc2cc1OCc1ccccc1. The summed E-state index contributed by atoms with van der Waals surface area (Å²) in [6.45, 7) is 0.333. The number of anilines is 2. The van der Waals surface area contributed by atoms with Crippen molar-refractivity contribution in [2.45, 2.75) is 6.61 Å². The van der Waals surface area contributed by atoms with Crippen LogP contribution in [0.25, 0.3) is 10.9 Å². The summed E-state index contributed by atoms with van der Waals surface area (Å²) in [4.78, 5) is 16.6. The summed E-state index contributed by atoms with van der Waals surface area (Å²) in [6, 6.07) is 28.9. The summed E-state index contributed by atoms with van der Waals surface area (Å²) < 4.78 is 25.0. The zero-order valence-electron chi connectivity index (χ0n) is 20.0. The van der Waals surface area contributed by atoms with Crippen LogP contribution < -0.4 is 20.1 Å². The minimum Gasteiger partial charge on any atom is -0.487 e. The van der Waals surface area contributed by atoms with Gasteiger partial charge >= 0.3 is 6.03 Å². The van der Waals surface area contributed by atoms with Crippen LogP contribution in [0.4, 0.5) is 20.6 Å². The van der Waals surface area contributed by atoms with Gasteiger partial charge in [-0.2, -0.15) is 5.26 Å². The Morgan fingerprint density at radius 1 is 0.868 bits per heavy atom. The van der Waals surface area contributed by atoms with E-state index < -0.39 is 6.03 Å². The number of pyridine rings is 1. The lowest BCUT2D eigenvalue weighted by Crippen LogP contribution is -2.19. The number of fused-ring (bicyclic) bond motifs is 1. The van der Waals surface area contributed by atoms with Crippen molar-refractivity contribution in [3.63, 3.8) is 0 Å². The van der Waals surface area contributed by atoms with E-state index in [1.165, 1.54) is 24.3 Å². The molecule has 0 saturated carbocycles.